The van der Waals surface area contributed by atoms with E-state index in [-0.39, 0.29) is 25.9 Å². The fourth-order valence-electron chi connectivity index (χ4n) is 2.97. The third-order valence-corrected chi connectivity index (χ3v) is 3.69. The maximum absolute atomic E-state index is 11.3. The molecule has 0 unspecified atom stereocenters. The second kappa shape index (κ2) is 4.26. The Morgan fingerprint density at radius 2 is 2.00 bits per heavy atom. The molecule has 0 aromatic heterocycles. The molecule has 1 N–H and O–H groups in total. The predicted octanol–water partition coefficient (Wildman–Crippen LogP) is -0.232. The van der Waals surface area contributed by atoms with Crippen molar-refractivity contribution in [3.63, 3.8) is 0 Å². The second-order valence-electron chi connectivity index (χ2n) is 5.16. The first-order valence-electron chi connectivity index (χ1n) is 5.71. The van der Waals surface area contributed by atoms with Gasteiger partial charge in [-0.25, -0.2) is 0 Å². The van der Waals surface area contributed by atoms with Gasteiger partial charge in [-0.1, -0.05) is 6.08 Å². The van der Waals surface area contributed by atoms with Crippen molar-refractivity contribution in [2.75, 3.05) is 19.6 Å². The Morgan fingerprint density at radius 1 is 1.32 bits per heavy atom. The van der Waals surface area contributed by atoms with Gasteiger partial charge in [0.05, 0.1) is 26.1 Å². The van der Waals surface area contributed by atoms with Crippen LogP contribution in [0.1, 0.15) is 12.8 Å². The van der Waals surface area contributed by atoms with Crippen molar-refractivity contribution in [2.24, 2.45) is 0 Å². The van der Waals surface area contributed by atoms with Crippen LogP contribution in [-0.2, 0) is 4.79 Å². The fraction of sp³-hybridized carbons (Fsp3) is 0.700. The van der Waals surface area contributed by atoms with Crippen LogP contribution in [0.15, 0.2) is 12.2 Å². The molecule has 19 heavy (non-hydrogen) atoms. The van der Waals surface area contributed by atoms with Gasteiger partial charge >= 0.3 is 5.97 Å². The molecule has 9 heteroatoms. The van der Waals surface area contributed by atoms with Crippen LogP contribution in [-0.4, -0.2) is 56.5 Å². The summed E-state index contributed by atoms with van der Waals surface area (Å²) in [5.74, 6) is -1.15. The molecular weight excluding hydrogens is 258 g/mol. The van der Waals surface area contributed by atoms with E-state index >= 15 is 0 Å². The molecule has 0 radical (unpaired) electrons. The molecule has 0 spiro atoms. The van der Waals surface area contributed by atoms with Crippen LogP contribution in [0.4, 0.5) is 0 Å². The third-order valence-electron chi connectivity index (χ3n) is 3.69. The van der Waals surface area contributed by atoms with Crippen LogP contribution in [0.25, 0.3) is 0 Å². The van der Waals surface area contributed by atoms with Gasteiger partial charge in [-0.3, -0.25) is 29.9 Å². The van der Waals surface area contributed by atoms with Crippen molar-refractivity contribution in [3.05, 3.63) is 32.4 Å². The average molecular weight is 271 g/mol. The van der Waals surface area contributed by atoms with E-state index < -0.39 is 33.4 Å². The molecule has 1 fully saturated rings. The van der Waals surface area contributed by atoms with Crippen LogP contribution in [0.3, 0.4) is 0 Å². The lowest BCUT2D eigenvalue weighted by Gasteiger charge is -2.43. The molecule has 0 aromatic rings. The van der Waals surface area contributed by atoms with E-state index in [2.05, 4.69) is 0 Å². The Labute approximate surface area is 107 Å². The maximum Gasteiger partial charge on any atom is 0.317 e. The van der Waals surface area contributed by atoms with Gasteiger partial charge in [-0.05, 0) is 6.08 Å². The van der Waals surface area contributed by atoms with Gasteiger partial charge in [0.15, 0.2) is 0 Å². The molecule has 9 nitrogen and oxygen atoms in total. The van der Waals surface area contributed by atoms with E-state index in [1.165, 1.54) is 17.1 Å². The standard InChI is InChI=1S/C10H13N3O6/c14-8(15)4-11-6-9(12(16)17)2-1-3-10(5-9,7-11)13(18)19/h1-2H,3-7H2,(H,14,15)/t9-,10-/m1/s1. The van der Waals surface area contributed by atoms with Crippen LogP contribution < -0.4 is 0 Å². The Balaban J connectivity index is 2.39. The van der Waals surface area contributed by atoms with Gasteiger partial charge in [0, 0.05) is 16.3 Å². The molecular formula is C10H13N3O6. The number of piperidine rings is 1. The highest BCUT2D eigenvalue weighted by atomic mass is 16.6. The highest BCUT2D eigenvalue weighted by Crippen LogP contribution is 2.40. The van der Waals surface area contributed by atoms with Gasteiger partial charge in [0.1, 0.15) is 0 Å². The number of carboxylic acid groups (broad SMARTS) is 1. The quantitative estimate of drug-likeness (QED) is 0.425. The lowest BCUT2D eigenvalue weighted by molar-refractivity contribution is -0.619. The molecule has 0 saturated carbocycles. The number of nitrogens with zero attached hydrogens (tertiary/aromatic N) is 3. The van der Waals surface area contributed by atoms with E-state index in [1.54, 1.807) is 0 Å². The number of aliphatic carboxylic acids is 1. The molecule has 0 amide bonds. The highest BCUT2D eigenvalue weighted by Gasteiger charge is 2.62. The minimum atomic E-state index is -1.56. The number of carbonyl (C=O) groups is 1. The third kappa shape index (κ3) is 2.16. The van der Waals surface area contributed by atoms with E-state index in [4.69, 9.17) is 5.11 Å². The van der Waals surface area contributed by atoms with Crippen molar-refractivity contribution in [3.8, 4) is 0 Å². The number of nitro groups is 2. The maximum atomic E-state index is 11.3. The summed E-state index contributed by atoms with van der Waals surface area (Å²) in [7, 11) is 0. The van der Waals surface area contributed by atoms with Crippen molar-refractivity contribution in [1.82, 2.24) is 4.90 Å². The number of carboxylic acids is 1. The first-order chi connectivity index (χ1) is 8.80. The van der Waals surface area contributed by atoms with Gasteiger partial charge < -0.3 is 5.11 Å². The van der Waals surface area contributed by atoms with Gasteiger partial charge in [0.2, 0.25) is 5.54 Å². The first-order valence-corrected chi connectivity index (χ1v) is 5.71. The van der Waals surface area contributed by atoms with Crippen molar-refractivity contribution in [2.45, 2.75) is 23.9 Å². The second-order valence-corrected chi connectivity index (χ2v) is 5.16. The van der Waals surface area contributed by atoms with E-state index in [0.717, 1.165) is 0 Å². The number of hydrogen-bond donors (Lipinski definition) is 1. The molecule has 1 aliphatic carbocycles. The lowest BCUT2D eigenvalue weighted by atomic mass is 9.72. The molecule has 104 valence electrons. The normalized spacial score (nSPS) is 33.9. The van der Waals surface area contributed by atoms with Crippen molar-refractivity contribution >= 4 is 5.97 Å². The first kappa shape index (κ1) is 13.4. The average Bonchev–Trinajstić information content (AvgIpc) is 2.27. The Hall–Kier alpha value is -2.03. The molecule has 2 bridgehead atoms. The zero-order valence-corrected chi connectivity index (χ0v) is 10.0. The zero-order chi connectivity index (χ0) is 14.3. The SMILES string of the molecule is O=C(O)CN1C[C@@]2([N+](=O)[O-])C=CC[C@]([N+](=O)[O-])(C1)C2. The summed E-state index contributed by atoms with van der Waals surface area (Å²) >= 11 is 0. The summed E-state index contributed by atoms with van der Waals surface area (Å²) in [6.07, 6.45) is 2.73. The molecule has 1 heterocycles. The van der Waals surface area contributed by atoms with Crippen LogP contribution in [0.5, 0.6) is 0 Å². The molecule has 2 atom stereocenters. The fourth-order valence-corrected chi connectivity index (χ4v) is 2.97. The lowest BCUT2D eigenvalue weighted by Crippen LogP contribution is -2.66. The van der Waals surface area contributed by atoms with Crippen molar-refractivity contribution in [1.29, 1.82) is 0 Å². The molecule has 2 aliphatic rings. The number of likely N-dealkylation sites (tertiary alicyclic amines) is 1. The predicted molar refractivity (Wildman–Crippen MR) is 61.9 cm³/mol. The zero-order valence-electron chi connectivity index (χ0n) is 10.0. The molecule has 1 aliphatic heterocycles. The number of rotatable bonds is 4. The number of fused-ring (bicyclic) bond motifs is 2. The Morgan fingerprint density at radius 3 is 2.53 bits per heavy atom. The van der Waals surface area contributed by atoms with E-state index in [1.807, 2.05) is 0 Å². The minimum absolute atomic E-state index is 0.0772. The van der Waals surface area contributed by atoms with Gasteiger partial charge in [-0.15, -0.1) is 0 Å². The largest absolute Gasteiger partial charge is 0.480 e. The Kier molecular flexibility index (Phi) is 3.01. The smallest absolute Gasteiger partial charge is 0.317 e. The van der Waals surface area contributed by atoms with Crippen LogP contribution >= 0.6 is 0 Å². The summed E-state index contributed by atoms with van der Waals surface area (Å²) in [6, 6.07) is 0. The minimum Gasteiger partial charge on any atom is -0.480 e. The van der Waals surface area contributed by atoms with Gasteiger partial charge in [0.25, 0.3) is 5.54 Å². The summed E-state index contributed by atoms with van der Waals surface area (Å²) in [6.45, 7) is -0.621. The topological polar surface area (TPSA) is 127 Å². The highest BCUT2D eigenvalue weighted by molar-refractivity contribution is 5.69. The molecule has 2 rings (SSSR count). The van der Waals surface area contributed by atoms with E-state index in [9.17, 15) is 25.0 Å². The Bertz CT molecular complexity index is 478. The summed E-state index contributed by atoms with van der Waals surface area (Å²) < 4.78 is 0. The summed E-state index contributed by atoms with van der Waals surface area (Å²) in [4.78, 5) is 33.5. The number of hydrogen-bond acceptors (Lipinski definition) is 6. The van der Waals surface area contributed by atoms with Crippen LogP contribution in [0.2, 0.25) is 0 Å². The van der Waals surface area contributed by atoms with E-state index in [0.29, 0.717) is 0 Å². The van der Waals surface area contributed by atoms with Crippen molar-refractivity contribution < 1.29 is 19.7 Å². The molecule has 0 aromatic carbocycles. The van der Waals surface area contributed by atoms with Gasteiger partial charge in [-0.2, -0.15) is 0 Å². The molecule has 1 saturated heterocycles. The monoisotopic (exact) mass is 271 g/mol. The summed E-state index contributed by atoms with van der Waals surface area (Å²) in [5.41, 5.74) is -3.02. The van der Waals surface area contributed by atoms with Crippen LogP contribution in [0, 0.1) is 20.2 Å². The summed E-state index contributed by atoms with van der Waals surface area (Å²) in [5, 5.41) is 31.3.